The maximum Gasteiger partial charge on any atom is 0.335 e. The lowest BCUT2D eigenvalue weighted by molar-refractivity contribution is -0.129. The summed E-state index contributed by atoms with van der Waals surface area (Å²) in [6.07, 6.45) is 2.11. The average molecular weight is 334 g/mol. The van der Waals surface area contributed by atoms with E-state index in [2.05, 4.69) is 42.0 Å². The Morgan fingerprint density at radius 2 is 1.96 bits per heavy atom. The van der Waals surface area contributed by atoms with Crippen LogP contribution in [-0.2, 0) is 17.8 Å². The Hall–Kier alpha value is -2.85. The Morgan fingerprint density at radius 1 is 1.20 bits per heavy atom. The molecule has 4 heteroatoms. The van der Waals surface area contributed by atoms with Gasteiger partial charge < -0.3 is 15.0 Å². The monoisotopic (exact) mass is 334 g/mol. The molecule has 0 aliphatic rings. The van der Waals surface area contributed by atoms with Gasteiger partial charge in [0.15, 0.2) is 0 Å². The van der Waals surface area contributed by atoms with E-state index in [1.807, 2.05) is 24.3 Å². The van der Waals surface area contributed by atoms with Crippen molar-refractivity contribution in [2.45, 2.75) is 19.9 Å². The Labute approximate surface area is 147 Å². The maximum atomic E-state index is 11.4. The highest BCUT2D eigenvalue weighted by atomic mass is 16.5. The molecule has 0 spiro atoms. The van der Waals surface area contributed by atoms with Gasteiger partial charge in [0.05, 0.1) is 0 Å². The summed E-state index contributed by atoms with van der Waals surface area (Å²) in [6, 6.07) is 15.9. The standard InChI is InChI=1S/C21H22N2O2/c1-3-21(24)25-20-11-7-4-8-16(20)14-22-13-12-17-15(2)23-19-10-6-5-9-18(17)19/h3-11,22-23H,1,12-14H2,2H3. The van der Waals surface area contributed by atoms with Crippen LogP contribution >= 0.6 is 0 Å². The number of H-pyrrole nitrogens is 1. The molecule has 128 valence electrons. The van der Waals surface area contributed by atoms with Crippen LogP contribution in [0.25, 0.3) is 10.9 Å². The number of para-hydroxylation sites is 2. The Morgan fingerprint density at radius 3 is 2.80 bits per heavy atom. The molecule has 0 aliphatic heterocycles. The third-order valence-corrected chi connectivity index (χ3v) is 4.24. The molecule has 3 rings (SSSR count). The molecule has 0 saturated carbocycles. The number of hydrogen-bond acceptors (Lipinski definition) is 3. The van der Waals surface area contributed by atoms with Crippen LogP contribution in [-0.4, -0.2) is 17.5 Å². The summed E-state index contributed by atoms with van der Waals surface area (Å²) in [5, 5.41) is 4.71. The summed E-state index contributed by atoms with van der Waals surface area (Å²) in [4.78, 5) is 14.8. The number of benzene rings is 2. The summed E-state index contributed by atoms with van der Waals surface area (Å²) >= 11 is 0. The maximum absolute atomic E-state index is 11.4. The number of nitrogens with one attached hydrogen (secondary N) is 2. The van der Waals surface area contributed by atoms with Crippen LogP contribution in [0.1, 0.15) is 16.8 Å². The summed E-state index contributed by atoms with van der Waals surface area (Å²) in [5.74, 6) is 0.130. The van der Waals surface area contributed by atoms with Gasteiger partial charge in [0.2, 0.25) is 0 Å². The number of ether oxygens (including phenoxy) is 1. The van der Waals surface area contributed by atoms with E-state index in [0.29, 0.717) is 12.3 Å². The Balaban J connectivity index is 1.61. The van der Waals surface area contributed by atoms with Crippen molar-refractivity contribution in [1.82, 2.24) is 10.3 Å². The van der Waals surface area contributed by atoms with Crippen molar-refractivity contribution >= 4 is 16.9 Å². The smallest absolute Gasteiger partial charge is 0.335 e. The molecule has 2 N–H and O–H groups in total. The van der Waals surface area contributed by atoms with Gasteiger partial charge in [0.1, 0.15) is 5.75 Å². The van der Waals surface area contributed by atoms with Gasteiger partial charge in [0, 0.05) is 34.8 Å². The second kappa shape index (κ2) is 7.81. The second-order valence-electron chi connectivity index (χ2n) is 5.93. The third-order valence-electron chi connectivity index (χ3n) is 4.24. The molecule has 0 radical (unpaired) electrons. The fourth-order valence-electron chi connectivity index (χ4n) is 2.99. The molecule has 1 heterocycles. The summed E-state index contributed by atoms with van der Waals surface area (Å²) < 4.78 is 5.27. The van der Waals surface area contributed by atoms with E-state index < -0.39 is 5.97 Å². The SMILES string of the molecule is C=CC(=O)Oc1ccccc1CNCCc1c(C)[nH]c2ccccc12. The molecular formula is C21H22N2O2. The Bertz CT molecular complexity index is 896. The highest BCUT2D eigenvalue weighted by Gasteiger charge is 2.08. The molecule has 0 unspecified atom stereocenters. The van der Waals surface area contributed by atoms with E-state index in [1.165, 1.54) is 28.2 Å². The molecular weight excluding hydrogens is 312 g/mol. The fourth-order valence-corrected chi connectivity index (χ4v) is 2.99. The minimum absolute atomic E-state index is 0.443. The molecule has 0 amide bonds. The van der Waals surface area contributed by atoms with E-state index in [0.717, 1.165) is 18.5 Å². The van der Waals surface area contributed by atoms with E-state index in [9.17, 15) is 4.79 Å². The predicted octanol–water partition coefficient (Wildman–Crippen LogP) is 3.90. The molecule has 2 aromatic carbocycles. The van der Waals surface area contributed by atoms with Gasteiger partial charge in [-0.1, -0.05) is 43.0 Å². The van der Waals surface area contributed by atoms with Crippen molar-refractivity contribution in [2.24, 2.45) is 0 Å². The van der Waals surface area contributed by atoms with Gasteiger partial charge >= 0.3 is 5.97 Å². The summed E-state index contributed by atoms with van der Waals surface area (Å²) in [7, 11) is 0. The van der Waals surface area contributed by atoms with Gasteiger partial charge in [-0.3, -0.25) is 0 Å². The van der Waals surface area contributed by atoms with E-state index in [1.54, 1.807) is 6.07 Å². The van der Waals surface area contributed by atoms with Crippen molar-refractivity contribution in [3.8, 4) is 5.75 Å². The van der Waals surface area contributed by atoms with Crippen LogP contribution in [0.4, 0.5) is 0 Å². The van der Waals surface area contributed by atoms with Gasteiger partial charge in [-0.15, -0.1) is 0 Å². The number of aryl methyl sites for hydroxylation is 1. The number of carbonyl (C=O) groups is 1. The van der Waals surface area contributed by atoms with E-state index in [4.69, 9.17) is 4.74 Å². The molecule has 0 saturated heterocycles. The number of fused-ring (bicyclic) bond motifs is 1. The largest absolute Gasteiger partial charge is 0.423 e. The lowest BCUT2D eigenvalue weighted by Crippen LogP contribution is -2.18. The second-order valence-corrected chi connectivity index (χ2v) is 5.93. The number of rotatable bonds is 7. The fraction of sp³-hybridized carbons (Fsp3) is 0.190. The van der Waals surface area contributed by atoms with Gasteiger partial charge in [-0.2, -0.15) is 0 Å². The van der Waals surface area contributed by atoms with Gasteiger partial charge in [-0.05, 0) is 37.6 Å². The molecule has 25 heavy (non-hydrogen) atoms. The zero-order valence-corrected chi connectivity index (χ0v) is 14.3. The molecule has 0 fully saturated rings. The van der Waals surface area contributed by atoms with Gasteiger partial charge in [-0.25, -0.2) is 4.79 Å². The van der Waals surface area contributed by atoms with Crippen LogP contribution < -0.4 is 10.1 Å². The first-order valence-electron chi connectivity index (χ1n) is 8.38. The van der Waals surface area contributed by atoms with Crippen molar-refractivity contribution in [1.29, 1.82) is 0 Å². The molecule has 3 aromatic rings. The third kappa shape index (κ3) is 3.98. The zero-order chi connectivity index (χ0) is 17.6. The van der Waals surface area contributed by atoms with Crippen molar-refractivity contribution in [3.05, 3.63) is 78.0 Å². The number of hydrogen-bond donors (Lipinski definition) is 2. The molecule has 4 nitrogen and oxygen atoms in total. The first-order chi connectivity index (χ1) is 12.2. The first-order valence-corrected chi connectivity index (χ1v) is 8.38. The van der Waals surface area contributed by atoms with E-state index in [-0.39, 0.29) is 0 Å². The average Bonchev–Trinajstić information content (AvgIpc) is 2.95. The minimum atomic E-state index is -0.443. The number of carbonyl (C=O) groups excluding carboxylic acids is 1. The lowest BCUT2D eigenvalue weighted by Gasteiger charge is -2.10. The highest BCUT2D eigenvalue weighted by Crippen LogP contribution is 2.22. The van der Waals surface area contributed by atoms with Crippen LogP contribution in [0.3, 0.4) is 0 Å². The van der Waals surface area contributed by atoms with Crippen LogP contribution in [0, 0.1) is 6.92 Å². The highest BCUT2D eigenvalue weighted by molar-refractivity contribution is 5.84. The number of esters is 1. The predicted molar refractivity (Wildman–Crippen MR) is 101 cm³/mol. The van der Waals surface area contributed by atoms with Crippen LogP contribution in [0.2, 0.25) is 0 Å². The Kier molecular flexibility index (Phi) is 5.31. The summed E-state index contributed by atoms with van der Waals surface area (Å²) in [6.45, 7) is 7.02. The topological polar surface area (TPSA) is 54.1 Å². The van der Waals surface area contributed by atoms with Gasteiger partial charge in [0.25, 0.3) is 0 Å². The molecule has 0 aliphatic carbocycles. The molecule has 0 atom stereocenters. The van der Waals surface area contributed by atoms with Crippen molar-refractivity contribution < 1.29 is 9.53 Å². The van der Waals surface area contributed by atoms with Crippen LogP contribution in [0.5, 0.6) is 5.75 Å². The lowest BCUT2D eigenvalue weighted by atomic mass is 10.1. The van der Waals surface area contributed by atoms with Crippen molar-refractivity contribution in [3.63, 3.8) is 0 Å². The number of aromatic amines is 1. The zero-order valence-electron chi connectivity index (χ0n) is 14.3. The van der Waals surface area contributed by atoms with Crippen molar-refractivity contribution in [2.75, 3.05) is 6.54 Å². The first kappa shape index (κ1) is 17.0. The van der Waals surface area contributed by atoms with E-state index >= 15 is 0 Å². The minimum Gasteiger partial charge on any atom is -0.423 e. The van der Waals surface area contributed by atoms with Crippen LogP contribution in [0.15, 0.2) is 61.2 Å². The summed E-state index contributed by atoms with van der Waals surface area (Å²) in [5.41, 5.74) is 4.68. The molecule has 0 bridgehead atoms. The normalized spacial score (nSPS) is 10.8. The number of aromatic nitrogens is 1. The molecule has 1 aromatic heterocycles. The quantitative estimate of drug-likeness (QED) is 0.298.